The van der Waals surface area contributed by atoms with Crippen molar-refractivity contribution >= 4 is 15.9 Å². The average molecular weight is 303 g/mol. The summed E-state index contributed by atoms with van der Waals surface area (Å²) in [6.45, 7) is 0. The van der Waals surface area contributed by atoms with Crippen molar-refractivity contribution in [2.24, 2.45) is 0 Å². The third-order valence-corrected chi connectivity index (χ3v) is 3.71. The van der Waals surface area contributed by atoms with Crippen LogP contribution in [0.15, 0.2) is 22.7 Å². The van der Waals surface area contributed by atoms with Gasteiger partial charge in [0.25, 0.3) is 0 Å². The van der Waals surface area contributed by atoms with Gasteiger partial charge in [-0.2, -0.15) is 0 Å². The number of hydrogen-bond acceptors (Lipinski definition) is 2. The van der Waals surface area contributed by atoms with Gasteiger partial charge in [-0.25, -0.2) is 4.39 Å². The van der Waals surface area contributed by atoms with E-state index < -0.39 is 0 Å². The van der Waals surface area contributed by atoms with E-state index in [9.17, 15) is 4.39 Å². The molecule has 1 aromatic rings. The van der Waals surface area contributed by atoms with Gasteiger partial charge in [0.2, 0.25) is 0 Å². The Labute approximate surface area is 109 Å². The van der Waals surface area contributed by atoms with Crippen LogP contribution < -0.4 is 4.74 Å². The Bertz CT molecular complexity index is 384. The minimum Gasteiger partial charge on any atom is -0.490 e. The molecular formula is C13H16BrFO2. The first kappa shape index (κ1) is 12.8. The number of methoxy groups -OCH3 is 1. The lowest BCUT2D eigenvalue weighted by atomic mass is 9.95. The third-order valence-electron chi connectivity index (χ3n) is 3.11. The maximum absolute atomic E-state index is 13.1. The highest BCUT2D eigenvalue weighted by Crippen LogP contribution is 2.27. The Morgan fingerprint density at radius 2 is 2.06 bits per heavy atom. The highest BCUT2D eigenvalue weighted by Gasteiger charge is 2.23. The highest BCUT2D eigenvalue weighted by molar-refractivity contribution is 9.10. The van der Waals surface area contributed by atoms with Crippen LogP contribution in [0.4, 0.5) is 4.39 Å². The SMILES string of the molecule is COC1CCCC(Oc2ccc(F)c(Br)c2)C1. The van der Waals surface area contributed by atoms with Gasteiger partial charge in [-0.1, -0.05) is 0 Å². The summed E-state index contributed by atoms with van der Waals surface area (Å²) in [5.74, 6) is 0.441. The monoisotopic (exact) mass is 302 g/mol. The molecule has 1 fully saturated rings. The lowest BCUT2D eigenvalue weighted by molar-refractivity contribution is 0.0209. The minimum absolute atomic E-state index is 0.172. The van der Waals surface area contributed by atoms with Crippen molar-refractivity contribution in [2.75, 3.05) is 7.11 Å². The van der Waals surface area contributed by atoms with Gasteiger partial charge in [-0.05, 0) is 53.4 Å². The summed E-state index contributed by atoms with van der Waals surface area (Å²) >= 11 is 3.16. The van der Waals surface area contributed by atoms with E-state index in [0.29, 0.717) is 10.2 Å². The van der Waals surface area contributed by atoms with Crippen LogP contribution >= 0.6 is 15.9 Å². The lowest BCUT2D eigenvalue weighted by Crippen LogP contribution is -2.29. The number of hydrogen-bond donors (Lipinski definition) is 0. The zero-order chi connectivity index (χ0) is 12.3. The Balaban J connectivity index is 1.97. The van der Waals surface area contributed by atoms with Crippen molar-refractivity contribution in [3.05, 3.63) is 28.5 Å². The smallest absolute Gasteiger partial charge is 0.137 e. The Kier molecular flexibility index (Phi) is 4.40. The molecule has 2 nitrogen and oxygen atoms in total. The van der Waals surface area contributed by atoms with Crippen molar-refractivity contribution < 1.29 is 13.9 Å². The molecule has 0 N–H and O–H groups in total. The zero-order valence-corrected chi connectivity index (χ0v) is 11.4. The van der Waals surface area contributed by atoms with E-state index >= 15 is 0 Å². The van der Waals surface area contributed by atoms with Gasteiger partial charge in [0.05, 0.1) is 10.6 Å². The summed E-state index contributed by atoms with van der Waals surface area (Å²) < 4.78 is 24.7. The van der Waals surface area contributed by atoms with Gasteiger partial charge in [-0.3, -0.25) is 0 Å². The zero-order valence-electron chi connectivity index (χ0n) is 9.79. The fraction of sp³-hybridized carbons (Fsp3) is 0.538. The second-order valence-corrected chi connectivity index (χ2v) is 5.19. The van der Waals surface area contributed by atoms with Crippen molar-refractivity contribution in [2.45, 2.75) is 37.9 Å². The molecule has 0 aromatic heterocycles. The Morgan fingerprint density at radius 1 is 1.29 bits per heavy atom. The molecule has 2 unspecified atom stereocenters. The Morgan fingerprint density at radius 3 is 2.76 bits per heavy atom. The molecule has 0 radical (unpaired) electrons. The largest absolute Gasteiger partial charge is 0.490 e. The summed E-state index contributed by atoms with van der Waals surface area (Å²) in [7, 11) is 1.74. The van der Waals surface area contributed by atoms with Gasteiger partial charge >= 0.3 is 0 Å². The minimum atomic E-state index is -0.268. The summed E-state index contributed by atoms with van der Waals surface area (Å²) in [6, 6.07) is 4.75. The molecule has 1 aliphatic carbocycles. The van der Waals surface area contributed by atoms with E-state index in [-0.39, 0.29) is 18.0 Å². The quantitative estimate of drug-likeness (QED) is 0.842. The molecule has 2 atom stereocenters. The fourth-order valence-electron chi connectivity index (χ4n) is 2.17. The van der Waals surface area contributed by atoms with Crippen LogP contribution in [0.1, 0.15) is 25.7 Å². The fourth-order valence-corrected chi connectivity index (χ4v) is 2.52. The van der Waals surface area contributed by atoms with Crippen molar-refractivity contribution in [3.8, 4) is 5.75 Å². The van der Waals surface area contributed by atoms with Crippen LogP contribution in [-0.4, -0.2) is 19.3 Å². The van der Waals surface area contributed by atoms with Crippen LogP contribution in [0.5, 0.6) is 5.75 Å². The topological polar surface area (TPSA) is 18.5 Å². The standard InChI is InChI=1S/C13H16BrFO2/c1-16-9-3-2-4-10(7-9)17-11-5-6-13(15)12(14)8-11/h5-6,8-10H,2-4,7H2,1H3. The van der Waals surface area contributed by atoms with Crippen LogP contribution in [0.25, 0.3) is 0 Å². The maximum Gasteiger partial charge on any atom is 0.137 e. The molecular weight excluding hydrogens is 287 g/mol. The van der Waals surface area contributed by atoms with Crippen LogP contribution in [0.2, 0.25) is 0 Å². The van der Waals surface area contributed by atoms with E-state index in [4.69, 9.17) is 9.47 Å². The molecule has 0 spiro atoms. The van der Waals surface area contributed by atoms with Crippen molar-refractivity contribution in [3.63, 3.8) is 0 Å². The normalized spacial score (nSPS) is 24.6. The van der Waals surface area contributed by atoms with Gasteiger partial charge in [0, 0.05) is 13.5 Å². The van der Waals surface area contributed by atoms with Crippen molar-refractivity contribution in [1.29, 1.82) is 0 Å². The maximum atomic E-state index is 13.1. The van der Waals surface area contributed by atoms with Gasteiger partial charge in [0.1, 0.15) is 17.7 Å². The first-order chi connectivity index (χ1) is 8.19. The molecule has 1 aromatic carbocycles. The number of ether oxygens (including phenoxy) is 2. The van der Waals surface area contributed by atoms with Gasteiger partial charge < -0.3 is 9.47 Å². The first-order valence-corrected chi connectivity index (χ1v) is 6.63. The summed E-state index contributed by atoms with van der Waals surface area (Å²) in [6.07, 6.45) is 4.62. The average Bonchev–Trinajstić information content (AvgIpc) is 2.34. The van der Waals surface area contributed by atoms with E-state index in [1.54, 1.807) is 19.2 Å². The van der Waals surface area contributed by atoms with E-state index in [1.165, 1.54) is 6.07 Å². The predicted octanol–water partition coefficient (Wildman–Crippen LogP) is 3.92. The van der Waals surface area contributed by atoms with Crippen LogP contribution in [0, 0.1) is 5.82 Å². The first-order valence-electron chi connectivity index (χ1n) is 5.83. The molecule has 0 aliphatic heterocycles. The highest BCUT2D eigenvalue weighted by atomic mass is 79.9. The second-order valence-electron chi connectivity index (χ2n) is 4.34. The van der Waals surface area contributed by atoms with Crippen molar-refractivity contribution in [1.82, 2.24) is 0 Å². The number of benzene rings is 1. The third kappa shape index (κ3) is 3.42. The Hall–Kier alpha value is -0.610. The molecule has 94 valence electrons. The molecule has 17 heavy (non-hydrogen) atoms. The van der Waals surface area contributed by atoms with Crippen LogP contribution in [0.3, 0.4) is 0 Å². The molecule has 0 bridgehead atoms. The predicted molar refractivity (Wildman–Crippen MR) is 67.8 cm³/mol. The molecule has 0 amide bonds. The summed E-state index contributed by atoms with van der Waals surface area (Å²) in [5, 5.41) is 0. The second kappa shape index (κ2) is 5.83. The van der Waals surface area contributed by atoms with Gasteiger partial charge in [-0.15, -0.1) is 0 Å². The molecule has 2 rings (SSSR count). The number of halogens is 2. The van der Waals surface area contributed by atoms with Gasteiger partial charge in [0.15, 0.2) is 0 Å². The number of rotatable bonds is 3. The summed E-state index contributed by atoms with van der Waals surface area (Å²) in [5.41, 5.74) is 0. The van der Waals surface area contributed by atoms with E-state index in [0.717, 1.165) is 25.7 Å². The lowest BCUT2D eigenvalue weighted by Gasteiger charge is -2.28. The molecule has 0 heterocycles. The molecule has 1 saturated carbocycles. The molecule has 1 aliphatic rings. The molecule has 0 saturated heterocycles. The molecule has 4 heteroatoms. The van der Waals surface area contributed by atoms with E-state index in [2.05, 4.69) is 15.9 Å². The van der Waals surface area contributed by atoms with Crippen LogP contribution in [-0.2, 0) is 4.74 Å². The van der Waals surface area contributed by atoms with E-state index in [1.807, 2.05) is 0 Å². The summed E-state index contributed by atoms with van der Waals surface area (Å²) in [4.78, 5) is 0.